The first-order chi connectivity index (χ1) is 40.8. The van der Waals surface area contributed by atoms with Crippen LogP contribution in [-0.2, 0) is 64.0 Å². The summed E-state index contributed by atoms with van der Waals surface area (Å²) in [6, 6.07) is 28.9. The van der Waals surface area contributed by atoms with Crippen LogP contribution in [0.4, 0.5) is 0 Å². The normalized spacial score (nSPS) is 14.5. The number of phenols is 1. The Labute approximate surface area is 502 Å². The van der Waals surface area contributed by atoms with Crippen molar-refractivity contribution in [2.45, 2.75) is 106 Å². The summed E-state index contributed by atoms with van der Waals surface area (Å²) in [7, 11) is 0. The second-order valence-electron chi connectivity index (χ2n) is 21.0. The van der Waals surface area contributed by atoms with E-state index in [2.05, 4.69) is 67.5 Å². The molecule has 1 heterocycles. The maximum Gasteiger partial charge on any atom is 0.245 e. The van der Waals surface area contributed by atoms with E-state index < -0.39 is 102 Å². The number of hydrogen-bond acceptors (Lipinski definition) is 14. The summed E-state index contributed by atoms with van der Waals surface area (Å²) in [4.78, 5) is 115. The summed E-state index contributed by atoms with van der Waals surface area (Å²) < 4.78 is 0. The van der Waals surface area contributed by atoms with E-state index in [9.17, 15) is 48.6 Å². The zero-order valence-electron chi connectivity index (χ0n) is 46.8. The first kappa shape index (κ1) is 64.1. The number of hydrogen-bond donors (Lipinski definition) is 15. The van der Waals surface area contributed by atoms with E-state index in [1.807, 2.05) is 97.1 Å². The summed E-state index contributed by atoms with van der Waals surface area (Å²) in [6.45, 7) is 1.47. The van der Waals surface area contributed by atoms with E-state index in [0.717, 1.165) is 38.0 Å². The number of aromatic nitrogens is 1. The molecule has 9 atom stereocenters. The van der Waals surface area contributed by atoms with Gasteiger partial charge in [-0.3, -0.25) is 38.4 Å². The first-order valence-electron chi connectivity index (χ1n) is 27.9. The van der Waals surface area contributed by atoms with Crippen LogP contribution in [0.2, 0.25) is 0 Å². The van der Waals surface area contributed by atoms with Gasteiger partial charge in [-0.05, 0) is 101 Å². The van der Waals surface area contributed by atoms with Gasteiger partial charge in [0, 0.05) is 47.9 Å². The number of rotatable bonds is 30. The molecule has 0 saturated carbocycles. The Hall–Kier alpha value is -8.48. The number of para-hydroxylation sites is 1. The number of benzene rings is 6. The Bertz CT molecular complexity index is 3490. The van der Waals surface area contributed by atoms with Gasteiger partial charge in [0.05, 0.1) is 12.1 Å². The SMILES string of the molecule is C[C@@H](O)[C@@H](NC(=O)[C@H](CCCCN)NC(=O)[C@@H](Cc1c[nH]c2ccccc12)NC(=O)[C@H](Cc1ccc(O)cc1)NC(=O)[C@@H](CS)NC(=O)[C@H](N)Cc1ccc2ccccc2c1)C(=O)N[C@@H](CS)C(=O)N[C@@H](Cc1ccc2ccccc2c1)C(N)=O. The lowest BCUT2D eigenvalue weighted by Crippen LogP contribution is -2.62. The fourth-order valence-corrected chi connectivity index (χ4v) is 10.3. The van der Waals surface area contributed by atoms with Crippen molar-refractivity contribution in [1.82, 2.24) is 42.2 Å². The van der Waals surface area contributed by atoms with Gasteiger partial charge in [-0.15, -0.1) is 0 Å². The Morgan fingerprint density at radius 3 is 1.53 bits per heavy atom. The van der Waals surface area contributed by atoms with Crippen LogP contribution >= 0.6 is 25.3 Å². The molecule has 0 aliphatic heterocycles. The van der Waals surface area contributed by atoms with E-state index in [0.29, 0.717) is 29.5 Å². The molecule has 0 spiro atoms. The van der Waals surface area contributed by atoms with Crippen LogP contribution in [0.5, 0.6) is 5.75 Å². The van der Waals surface area contributed by atoms with Gasteiger partial charge in [0.1, 0.15) is 48.0 Å². The highest BCUT2D eigenvalue weighted by molar-refractivity contribution is 7.80. The van der Waals surface area contributed by atoms with E-state index >= 15 is 0 Å². The number of aromatic amines is 1. The highest BCUT2D eigenvalue weighted by Gasteiger charge is 2.36. The number of phenolic OH excluding ortho intramolecular Hbond substituents is 1. The number of carbonyl (C=O) groups is 8. The fourth-order valence-electron chi connectivity index (χ4n) is 9.78. The number of nitrogens with two attached hydrogens (primary N) is 3. The lowest BCUT2D eigenvalue weighted by Gasteiger charge is -2.28. The molecule has 7 aromatic rings. The average molecular weight is 1200 g/mol. The van der Waals surface area contributed by atoms with Crippen molar-refractivity contribution in [1.29, 1.82) is 0 Å². The number of aliphatic hydroxyl groups is 1. The predicted octanol–water partition coefficient (Wildman–Crippen LogP) is 2.03. The number of aromatic hydroxyl groups is 1. The molecule has 0 unspecified atom stereocenters. The monoisotopic (exact) mass is 1200 g/mol. The molecule has 448 valence electrons. The van der Waals surface area contributed by atoms with Gasteiger partial charge in [0.25, 0.3) is 0 Å². The van der Waals surface area contributed by atoms with Crippen LogP contribution in [0.15, 0.2) is 140 Å². The van der Waals surface area contributed by atoms with Crippen molar-refractivity contribution in [3.05, 3.63) is 162 Å². The highest BCUT2D eigenvalue weighted by Crippen LogP contribution is 2.22. The number of fused-ring (bicyclic) bond motifs is 3. The minimum absolute atomic E-state index is 0.0215. The Balaban J connectivity index is 1.08. The summed E-state index contributed by atoms with van der Waals surface area (Å²) >= 11 is 8.63. The zero-order chi connectivity index (χ0) is 61.2. The third-order valence-electron chi connectivity index (χ3n) is 14.5. The molecule has 0 aliphatic rings. The van der Waals surface area contributed by atoms with Crippen molar-refractivity contribution >= 4 is 105 Å². The van der Waals surface area contributed by atoms with Crippen molar-refractivity contribution in [2.24, 2.45) is 17.2 Å². The van der Waals surface area contributed by atoms with Gasteiger partial charge >= 0.3 is 0 Å². The molecule has 0 fully saturated rings. The van der Waals surface area contributed by atoms with E-state index in [1.165, 1.54) is 19.1 Å². The van der Waals surface area contributed by atoms with Crippen molar-refractivity contribution in [3.63, 3.8) is 0 Å². The molecule has 1 aromatic heterocycles. The first-order valence-corrected chi connectivity index (χ1v) is 29.2. The molecule has 85 heavy (non-hydrogen) atoms. The van der Waals surface area contributed by atoms with Crippen LogP contribution in [0.3, 0.4) is 0 Å². The largest absolute Gasteiger partial charge is 0.508 e. The fraction of sp³-hybridized carbons (Fsp3) is 0.323. The predicted molar refractivity (Wildman–Crippen MR) is 332 cm³/mol. The van der Waals surface area contributed by atoms with Gasteiger partial charge < -0.3 is 69.6 Å². The molecule has 0 radical (unpaired) electrons. The van der Waals surface area contributed by atoms with Crippen molar-refractivity contribution in [3.8, 4) is 5.75 Å². The standard InChI is InChI=1S/C62H73N11O10S2/c1-35(74)54(62(83)72-53(34-85)60(81)68-49(55(65)76)30-38-18-22-40-11-3-5-13-42(40)27-38)73-57(78)48(16-8-9-25-63)67-59(80)51(31-43-32-66-47-15-7-6-14-45(43)47)70-58(79)50(29-36-19-23-44(75)24-20-36)69-61(82)52(33-84)71-56(77)46(64)28-37-17-21-39-10-2-4-12-41(39)26-37/h2-7,10-15,17-24,26-27,32,35,46,48-54,66,74-75,84-85H,8-9,16,25,28-31,33-34,63-64H2,1H3,(H2,65,76)(H,67,80)(H,68,81)(H,69,82)(H,70,79)(H,71,77)(H,72,83)(H,73,78)/t35-,46-,48+,49+,50+,51-,52-,53+,54-/m1/s1. The Kier molecular flexibility index (Phi) is 23.3. The second kappa shape index (κ2) is 30.9. The number of nitrogens with one attached hydrogen (secondary N) is 8. The van der Waals surface area contributed by atoms with Gasteiger partial charge in [-0.2, -0.15) is 25.3 Å². The molecule has 0 aliphatic carbocycles. The number of thiol groups is 2. The van der Waals surface area contributed by atoms with Crippen LogP contribution in [0.25, 0.3) is 32.4 Å². The second-order valence-corrected chi connectivity index (χ2v) is 21.7. The molecule has 23 heteroatoms. The van der Waals surface area contributed by atoms with Gasteiger partial charge in [-0.25, -0.2) is 0 Å². The highest BCUT2D eigenvalue weighted by atomic mass is 32.1. The molecule has 21 nitrogen and oxygen atoms in total. The summed E-state index contributed by atoms with van der Waals surface area (Å²) in [5.41, 5.74) is 21.3. The molecular weight excluding hydrogens is 1120 g/mol. The smallest absolute Gasteiger partial charge is 0.245 e. The molecule has 0 bridgehead atoms. The summed E-state index contributed by atoms with van der Waals surface area (Å²) in [6.07, 6.45) is 0.705. The van der Waals surface area contributed by atoms with Crippen LogP contribution in [0, 0.1) is 0 Å². The lowest BCUT2D eigenvalue weighted by molar-refractivity contribution is -0.136. The third-order valence-corrected chi connectivity index (χ3v) is 15.3. The quantitative estimate of drug-likeness (QED) is 0.0227. The average Bonchev–Trinajstić information content (AvgIpc) is 4.20. The van der Waals surface area contributed by atoms with Crippen LogP contribution in [-0.4, -0.2) is 135 Å². The van der Waals surface area contributed by atoms with Crippen LogP contribution < -0.4 is 54.4 Å². The van der Waals surface area contributed by atoms with Crippen molar-refractivity contribution < 1.29 is 48.6 Å². The Morgan fingerprint density at radius 1 is 0.506 bits per heavy atom. The molecule has 8 amide bonds. The van der Waals surface area contributed by atoms with Gasteiger partial charge in [0.15, 0.2) is 0 Å². The molecule has 16 N–H and O–H groups in total. The van der Waals surface area contributed by atoms with E-state index in [-0.39, 0.29) is 55.9 Å². The maximum absolute atomic E-state index is 14.8. The number of amides is 8. The minimum atomic E-state index is -1.70. The van der Waals surface area contributed by atoms with Crippen molar-refractivity contribution in [2.75, 3.05) is 18.1 Å². The van der Waals surface area contributed by atoms with Crippen LogP contribution in [0.1, 0.15) is 48.4 Å². The third kappa shape index (κ3) is 18.0. The molecule has 6 aromatic carbocycles. The minimum Gasteiger partial charge on any atom is -0.508 e. The number of primary amides is 1. The molecule has 0 saturated heterocycles. The molecular formula is C62H73N11O10S2. The number of unbranched alkanes of at least 4 members (excludes halogenated alkanes) is 1. The summed E-state index contributed by atoms with van der Waals surface area (Å²) in [5.74, 6) is -7.19. The zero-order valence-corrected chi connectivity index (χ0v) is 48.6. The van der Waals surface area contributed by atoms with Gasteiger partial charge in [0.2, 0.25) is 47.3 Å². The van der Waals surface area contributed by atoms with Gasteiger partial charge in [-0.1, -0.05) is 115 Å². The topological polar surface area (TPSA) is 355 Å². The van der Waals surface area contributed by atoms with E-state index in [4.69, 9.17) is 17.2 Å². The van der Waals surface area contributed by atoms with E-state index in [1.54, 1.807) is 30.5 Å². The molecule has 7 rings (SSSR count). The number of H-pyrrole nitrogens is 1. The lowest BCUT2D eigenvalue weighted by atomic mass is 10.0. The summed E-state index contributed by atoms with van der Waals surface area (Å²) in [5, 5.41) is 44.2. The number of carbonyl (C=O) groups excluding carboxylic acids is 8. The maximum atomic E-state index is 14.8. The number of aliphatic hydroxyl groups excluding tert-OH is 1. The Morgan fingerprint density at radius 2 is 0.965 bits per heavy atom.